The van der Waals surface area contributed by atoms with Crippen LogP contribution in [0.2, 0.25) is 0 Å². The minimum absolute atomic E-state index is 0.274. The second-order valence-corrected chi connectivity index (χ2v) is 11.9. The lowest BCUT2D eigenvalue weighted by Crippen LogP contribution is -3.04. The van der Waals surface area contributed by atoms with Crippen molar-refractivity contribution in [3.05, 3.63) is 95.3 Å². The first-order valence-electron chi connectivity index (χ1n) is 12.9. The van der Waals surface area contributed by atoms with Crippen molar-refractivity contribution in [2.75, 3.05) is 12.3 Å². The monoisotopic (exact) mass is 547 g/mol. The molecule has 1 N–H and O–H groups in total. The fourth-order valence-corrected chi connectivity index (χ4v) is 6.47. The predicted molar refractivity (Wildman–Crippen MR) is 151 cm³/mol. The molecular weight excluding hydrogens is 516 g/mol. The van der Waals surface area contributed by atoms with Gasteiger partial charge in [-0.2, -0.15) is 4.57 Å². The van der Waals surface area contributed by atoms with Crippen LogP contribution in [-0.2, 0) is 16.7 Å². The summed E-state index contributed by atoms with van der Waals surface area (Å²) in [4.78, 5) is 1.18. The van der Waals surface area contributed by atoms with Gasteiger partial charge in [-0.3, -0.25) is 0 Å². The van der Waals surface area contributed by atoms with E-state index in [4.69, 9.17) is 4.74 Å². The van der Waals surface area contributed by atoms with Crippen LogP contribution in [0.4, 0.5) is 5.69 Å². The molecule has 0 aliphatic carbocycles. The van der Waals surface area contributed by atoms with Gasteiger partial charge in [-0.15, -0.1) is 0 Å². The number of ether oxygens (including phenoxy) is 1. The number of hydrogen-bond donors (Lipinski definition) is 1. The third-order valence-corrected chi connectivity index (χ3v) is 8.63. The van der Waals surface area contributed by atoms with Gasteiger partial charge in [-0.25, -0.2) is 13.3 Å². The van der Waals surface area contributed by atoms with E-state index >= 15 is 0 Å². The number of allylic oxidation sites excluding steroid dienone is 2. The highest BCUT2D eigenvalue weighted by molar-refractivity contribution is 7.85. The Kier molecular flexibility index (Phi) is 7.76. The molecule has 1 aromatic heterocycles. The summed E-state index contributed by atoms with van der Waals surface area (Å²) in [5.41, 5.74) is 5.62. The minimum Gasteiger partial charge on any atom is -0.748 e. The van der Waals surface area contributed by atoms with Gasteiger partial charge in [0.15, 0.2) is 18.0 Å². The van der Waals surface area contributed by atoms with Crippen molar-refractivity contribution in [2.24, 2.45) is 0 Å². The number of fused-ring (bicyclic) bond motifs is 2. The Balaban J connectivity index is 1.48. The van der Waals surface area contributed by atoms with Crippen molar-refractivity contribution < 1.29 is 27.2 Å². The van der Waals surface area contributed by atoms with Crippen molar-refractivity contribution in [3.63, 3.8) is 0 Å². The first-order chi connectivity index (χ1) is 18.4. The van der Waals surface area contributed by atoms with E-state index in [1.165, 1.54) is 10.5 Å². The number of nitrogens with one attached hydrogen (secondary N) is 1. The van der Waals surface area contributed by atoms with Crippen molar-refractivity contribution in [1.82, 2.24) is 0 Å². The summed E-state index contributed by atoms with van der Waals surface area (Å²) in [6.07, 6.45) is 5.35. The van der Waals surface area contributed by atoms with Crippen molar-refractivity contribution in [2.45, 2.75) is 33.2 Å². The molecule has 0 spiro atoms. The smallest absolute Gasteiger partial charge is 0.301 e. The Morgan fingerprint density at radius 2 is 1.79 bits per heavy atom. The summed E-state index contributed by atoms with van der Waals surface area (Å²) >= 11 is 1.66. The summed E-state index contributed by atoms with van der Waals surface area (Å²) in [6.45, 7) is 5.57. The van der Waals surface area contributed by atoms with Crippen molar-refractivity contribution in [3.8, 4) is 16.9 Å². The lowest BCUT2D eigenvalue weighted by molar-refractivity contribution is -0.793. The molecule has 0 amide bonds. The minimum atomic E-state index is -4.25. The van der Waals surface area contributed by atoms with Gasteiger partial charge in [0, 0.05) is 36.5 Å². The van der Waals surface area contributed by atoms with Crippen LogP contribution >= 0.6 is 11.3 Å². The van der Waals surface area contributed by atoms with E-state index in [1.54, 1.807) is 11.3 Å². The molecule has 38 heavy (non-hydrogen) atoms. The van der Waals surface area contributed by atoms with Gasteiger partial charge in [0.1, 0.15) is 4.70 Å². The second-order valence-electron chi connectivity index (χ2n) is 9.27. The number of rotatable bonds is 9. The van der Waals surface area contributed by atoms with Crippen LogP contribution in [0.25, 0.3) is 27.4 Å². The summed E-state index contributed by atoms with van der Waals surface area (Å²) < 4.78 is 43.1. The third kappa shape index (κ3) is 5.73. The molecule has 4 aromatic rings. The van der Waals surface area contributed by atoms with Gasteiger partial charge in [0.2, 0.25) is 5.52 Å². The molecule has 3 aromatic carbocycles. The number of quaternary nitrogens is 1. The van der Waals surface area contributed by atoms with Crippen LogP contribution in [0.3, 0.4) is 0 Å². The maximum Gasteiger partial charge on any atom is 0.301 e. The Morgan fingerprint density at radius 3 is 2.53 bits per heavy atom. The molecule has 196 valence electrons. The average Bonchev–Trinajstić information content (AvgIpc) is 3.44. The Hall–Kier alpha value is -3.30. The topological polar surface area (TPSA) is 74.8 Å². The summed E-state index contributed by atoms with van der Waals surface area (Å²) in [5, 5.41) is 1.02. The largest absolute Gasteiger partial charge is 0.748 e. The van der Waals surface area contributed by atoms with E-state index in [1.807, 2.05) is 42.5 Å². The van der Waals surface area contributed by atoms with Crippen molar-refractivity contribution in [1.29, 1.82) is 0 Å². The van der Waals surface area contributed by atoms with Crippen LogP contribution in [-0.4, -0.2) is 25.3 Å². The van der Waals surface area contributed by atoms with Crippen LogP contribution in [0, 0.1) is 0 Å². The fourth-order valence-electron chi connectivity index (χ4n) is 4.82. The highest BCUT2D eigenvalue weighted by Crippen LogP contribution is 2.33. The molecule has 0 saturated heterocycles. The normalized spacial score (nSPS) is 16.7. The van der Waals surface area contributed by atoms with Gasteiger partial charge in [0.25, 0.3) is 5.01 Å². The lowest BCUT2D eigenvalue weighted by Gasteiger charge is -2.10. The van der Waals surface area contributed by atoms with E-state index < -0.39 is 10.1 Å². The number of hydrogen-bond acceptors (Lipinski definition) is 5. The number of para-hydroxylation sites is 1. The van der Waals surface area contributed by atoms with Gasteiger partial charge in [0.05, 0.1) is 16.7 Å². The van der Waals surface area contributed by atoms with E-state index in [0.717, 1.165) is 56.6 Å². The molecule has 0 radical (unpaired) electrons. The molecule has 1 aliphatic rings. The molecule has 1 atom stereocenters. The zero-order valence-corrected chi connectivity index (χ0v) is 23.1. The highest BCUT2D eigenvalue weighted by Gasteiger charge is 2.32. The molecular formula is C30H31N2O4S2+. The molecule has 0 fully saturated rings. The quantitative estimate of drug-likeness (QED) is 0.235. The first-order valence-corrected chi connectivity index (χ1v) is 15.3. The van der Waals surface area contributed by atoms with Crippen LogP contribution < -0.4 is 14.2 Å². The van der Waals surface area contributed by atoms with E-state index in [-0.39, 0.29) is 12.2 Å². The van der Waals surface area contributed by atoms with Gasteiger partial charge < -0.3 is 9.29 Å². The van der Waals surface area contributed by atoms with Gasteiger partial charge >= 0.3 is 5.88 Å². The van der Waals surface area contributed by atoms with Crippen LogP contribution in [0.5, 0.6) is 5.75 Å². The van der Waals surface area contributed by atoms with Gasteiger partial charge in [-0.05, 0) is 42.2 Å². The molecule has 2 heterocycles. The molecule has 1 aliphatic heterocycles. The summed E-state index contributed by atoms with van der Waals surface area (Å²) in [6, 6.07) is 24.8. The molecule has 8 heteroatoms. The summed E-state index contributed by atoms with van der Waals surface area (Å²) in [5.74, 6) is 1.37. The maximum atomic E-state index is 11.2. The number of aryl methyl sites for hydroxylation is 1. The number of aromatic nitrogens is 1. The Morgan fingerprint density at radius 1 is 1.03 bits per heavy atom. The van der Waals surface area contributed by atoms with E-state index in [0.29, 0.717) is 6.54 Å². The van der Waals surface area contributed by atoms with E-state index in [9.17, 15) is 13.0 Å². The lowest BCUT2D eigenvalue weighted by atomic mass is 10.0. The maximum absolute atomic E-state index is 11.2. The number of thiazole rings is 1. The SMILES string of the molecule is CCC(=Cc1sc2ccccc2[n+]1CCCS(=O)(=O)[O-])C=C1Oc2ccc(-c3ccccc3)cc2[NH+]1CC. The third-order valence-electron chi connectivity index (χ3n) is 6.73. The molecule has 0 saturated carbocycles. The Labute approximate surface area is 227 Å². The Bertz CT molecular complexity index is 1620. The van der Waals surface area contributed by atoms with Crippen molar-refractivity contribution >= 4 is 43.4 Å². The van der Waals surface area contributed by atoms with Crippen LogP contribution in [0.1, 0.15) is 31.7 Å². The highest BCUT2D eigenvalue weighted by atomic mass is 32.2. The van der Waals surface area contributed by atoms with Crippen LogP contribution in [0.15, 0.2) is 90.3 Å². The first kappa shape index (κ1) is 26.3. The molecule has 6 nitrogen and oxygen atoms in total. The molecule has 5 rings (SSSR count). The van der Waals surface area contributed by atoms with Gasteiger partial charge in [-0.1, -0.05) is 66.8 Å². The summed E-state index contributed by atoms with van der Waals surface area (Å²) in [7, 11) is -4.25. The zero-order chi connectivity index (χ0) is 26.7. The molecule has 0 bridgehead atoms. The fraction of sp³-hybridized carbons (Fsp3) is 0.233. The number of nitrogens with zero attached hydrogens (tertiary/aromatic N) is 1. The second kappa shape index (κ2) is 11.2. The molecule has 1 unspecified atom stereocenters. The predicted octanol–water partition coefficient (Wildman–Crippen LogP) is 5.05. The average molecular weight is 548 g/mol. The number of benzene rings is 3. The zero-order valence-electron chi connectivity index (χ0n) is 21.5. The standard InChI is InChI=1S/C30H30N2O4S2/c1-3-22(20-30-32(17-10-18-38(33,34)35)25-13-8-9-14-28(25)37-30)19-29-31(4-2)26-21-24(15-16-27(26)36-29)23-11-6-5-7-12-23/h5-9,11-16,19-21H,3-4,10,17-18H2,1-2H3/p+1. The van der Waals surface area contributed by atoms with E-state index in [2.05, 4.69) is 60.9 Å².